The number of rotatable bonds is 8. The second kappa shape index (κ2) is 11.0. The van der Waals surface area contributed by atoms with Crippen molar-refractivity contribution in [2.75, 3.05) is 7.11 Å². The molecule has 1 aromatic carbocycles. The fourth-order valence-electron chi connectivity index (χ4n) is 3.89. The van der Waals surface area contributed by atoms with Gasteiger partial charge in [-0.05, 0) is 30.4 Å². The second-order valence-corrected chi connectivity index (χ2v) is 9.25. The van der Waals surface area contributed by atoms with Crippen LogP contribution in [0, 0.1) is 11.8 Å². The fourth-order valence-corrected chi connectivity index (χ4v) is 5.24. The van der Waals surface area contributed by atoms with Crippen molar-refractivity contribution < 1.29 is 33.3 Å². The minimum atomic E-state index is -1.32. The van der Waals surface area contributed by atoms with Gasteiger partial charge in [0, 0.05) is 25.2 Å². The zero-order valence-corrected chi connectivity index (χ0v) is 19.8. The maximum atomic E-state index is 13.0. The Morgan fingerprint density at radius 3 is 2.26 bits per heavy atom. The third kappa shape index (κ3) is 6.23. The number of carbonyl (C=O) groups excluding carboxylic acids is 3. The molecule has 7 nitrogen and oxygen atoms in total. The average molecular weight is 453 g/mol. The summed E-state index contributed by atoms with van der Waals surface area (Å²) in [6.07, 6.45) is -1.38. The number of thioether (sulfide) groups is 1. The fraction of sp³-hybridized carbons (Fsp3) is 0.609. The summed E-state index contributed by atoms with van der Waals surface area (Å²) < 4.78 is 22.7. The van der Waals surface area contributed by atoms with Crippen molar-refractivity contribution in [2.45, 2.75) is 75.6 Å². The van der Waals surface area contributed by atoms with Crippen molar-refractivity contribution in [1.29, 1.82) is 0 Å². The molecule has 0 saturated carbocycles. The summed E-state index contributed by atoms with van der Waals surface area (Å²) in [5.41, 5.74) is 0. The highest BCUT2D eigenvalue weighted by Gasteiger charge is 2.54. The summed E-state index contributed by atoms with van der Waals surface area (Å²) in [7, 11) is 1.33. The highest BCUT2D eigenvalue weighted by molar-refractivity contribution is 8.01. The van der Waals surface area contributed by atoms with Gasteiger partial charge in [-0.1, -0.05) is 50.7 Å². The average Bonchev–Trinajstić information content (AvgIpc) is 2.73. The normalized spacial score (nSPS) is 27.6. The number of benzene rings is 1. The Kier molecular flexibility index (Phi) is 8.94. The highest BCUT2D eigenvalue weighted by Crippen LogP contribution is 2.48. The van der Waals surface area contributed by atoms with Crippen molar-refractivity contribution in [1.82, 2.24) is 0 Å². The SMILES string of the molecule is CC[C@@H](OC(C)=O)[C@@H](OC(C)=O)C1OC(Sc2ccccc2)(C(=O)OC)C[C@@H](C)[C@H]1C. The molecular formula is C23H32O7S. The number of methoxy groups -OCH3 is 1. The maximum Gasteiger partial charge on any atom is 0.349 e. The topological polar surface area (TPSA) is 88.1 Å². The van der Waals surface area contributed by atoms with Gasteiger partial charge in [-0.15, -0.1) is 0 Å². The van der Waals surface area contributed by atoms with Gasteiger partial charge in [0.1, 0.15) is 12.2 Å². The van der Waals surface area contributed by atoms with Gasteiger partial charge in [-0.25, -0.2) is 4.79 Å². The summed E-state index contributed by atoms with van der Waals surface area (Å²) in [5.74, 6) is -1.51. The van der Waals surface area contributed by atoms with Crippen molar-refractivity contribution in [3.05, 3.63) is 30.3 Å². The van der Waals surface area contributed by atoms with Crippen molar-refractivity contribution in [3.8, 4) is 0 Å². The van der Waals surface area contributed by atoms with Crippen LogP contribution in [0.25, 0.3) is 0 Å². The quantitative estimate of drug-likeness (QED) is 0.432. The van der Waals surface area contributed by atoms with Gasteiger partial charge in [0.2, 0.25) is 4.93 Å². The Bertz CT molecular complexity index is 768. The van der Waals surface area contributed by atoms with Crippen LogP contribution >= 0.6 is 11.8 Å². The molecule has 0 aliphatic carbocycles. The largest absolute Gasteiger partial charge is 0.466 e. The van der Waals surface area contributed by atoms with Crippen LogP contribution in [0.3, 0.4) is 0 Å². The Labute approximate surface area is 188 Å². The molecule has 2 unspecified atom stereocenters. The molecule has 1 fully saturated rings. The second-order valence-electron chi connectivity index (χ2n) is 7.91. The van der Waals surface area contributed by atoms with Crippen molar-refractivity contribution in [2.24, 2.45) is 11.8 Å². The predicted molar refractivity (Wildman–Crippen MR) is 116 cm³/mol. The van der Waals surface area contributed by atoms with Crippen LogP contribution in [0.4, 0.5) is 0 Å². The van der Waals surface area contributed by atoms with E-state index in [0.717, 1.165) is 4.90 Å². The molecule has 0 N–H and O–H groups in total. The van der Waals surface area contributed by atoms with Crippen LogP contribution in [0.2, 0.25) is 0 Å². The molecule has 0 aromatic heterocycles. The molecule has 0 bridgehead atoms. The first-order valence-electron chi connectivity index (χ1n) is 10.5. The number of esters is 3. The van der Waals surface area contributed by atoms with E-state index in [1.165, 1.54) is 32.7 Å². The first-order chi connectivity index (χ1) is 14.6. The van der Waals surface area contributed by atoms with Gasteiger partial charge in [0.15, 0.2) is 6.10 Å². The maximum absolute atomic E-state index is 13.0. The molecule has 1 saturated heterocycles. The van der Waals surface area contributed by atoms with Gasteiger partial charge in [-0.2, -0.15) is 0 Å². The van der Waals surface area contributed by atoms with Gasteiger partial charge >= 0.3 is 17.9 Å². The standard InChI is InChI=1S/C23H32O7S/c1-7-19(28-16(4)24)21(29-17(5)25)20-15(3)14(2)13-23(30-20,22(26)27-6)31-18-11-9-8-10-12-18/h8-12,14-15,19-21H,7,13H2,1-6H3/t14-,15-,19-,20?,21-,23?/m1/s1. The molecule has 172 valence electrons. The third-order valence-electron chi connectivity index (χ3n) is 5.57. The van der Waals surface area contributed by atoms with Crippen molar-refractivity contribution >= 4 is 29.7 Å². The van der Waals surface area contributed by atoms with E-state index in [-0.39, 0.29) is 11.8 Å². The number of hydrogen-bond acceptors (Lipinski definition) is 8. The minimum Gasteiger partial charge on any atom is -0.466 e. The van der Waals surface area contributed by atoms with Crippen LogP contribution in [0.1, 0.15) is 47.5 Å². The molecule has 1 aliphatic heterocycles. The number of ether oxygens (including phenoxy) is 4. The zero-order valence-electron chi connectivity index (χ0n) is 19.0. The van der Waals surface area contributed by atoms with E-state index in [9.17, 15) is 14.4 Å². The molecule has 1 heterocycles. The lowest BCUT2D eigenvalue weighted by Crippen LogP contribution is -2.58. The predicted octanol–water partition coefficient (Wildman–Crippen LogP) is 3.98. The molecule has 0 spiro atoms. The van der Waals surface area contributed by atoms with Crippen LogP contribution in [0.15, 0.2) is 35.2 Å². The summed E-state index contributed by atoms with van der Waals surface area (Å²) in [6, 6.07) is 9.46. The summed E-state index contributed by atoms with van der Waals surface area (Å²) in [6.45, 7) is 8.47. The minimum absolute atomic E-state index is 0.0435. The van der Waals surface area contributed by atoms with Gasteiger partial charge in [-0.3, -0.25) is 9.59 Å². The van der Waals surface area contributed by atoms with Crippen LogP contribution in [-0.2, 0) is 33.3 Å². The molecule has 1 aromatic rings. The molecule has 1 aliphatic rings. The first-order valence-corrected chi connectivity index (χ1v) is 11.3. The Morgan fingerprint density at radius 1 is 1.13 bits per heavy atom. The summed E-state index contributed by atoms with van der Waals surface area (Å²) in [4.78, 5) is 36.1. The molecule has 0 amide bonds. The first kappa shape index (κ1) is 25.2. The van der Waals surface area contributed by atoms with E-state index in [0.29, 0.717) is 12.8 Å². The molecule has 0 radical (unpaired) electrons. The Hall–Kier alpha value is -2.06. The highest BCUT2D eigenvalue weighted by atomic mass is 32.2. The zero-order chi connectivity index (χ0) is 23.2. The van der Waals surface area contributed by atoms with Gasteiger partial charge in [0.05, 0.1) is 7.11 Å². The monoisotopic (exact) mass is 452 g/mol. The lowest BCUT2D eigenvalue weighted by molar-refractivity contribution is -0.215. The van der Waals surface area contributed by atoms with Crippen LogP contribution in [0.5, 0.6) is 0 Å². The van der Waals surface area contributed by atoms with Crippen molar-refractivity contribution in [3.63, 3.8) is 0 Å². The smallest absolute Gasteiger partial charge is 0.349 e. The molecule has 8 heteroatoms. The molecule has 31 heavy (non-hydrogen) atoms. The number of hydrogen-bond donors (Lipinski definition) is 0. The third-order valence-corrected chi connectivity index (χ3v) is 6.83. The molecular weight excluding hydrogens is 420 g/mol. The molecule has 6 atom stereocenters. The van der Waals surface area contributed by atoms with E-state index in [1.54, 1.807) is 0 Å². The summed E-state index contributed by atoms with van der Waals surface area (Å²) in [5, 5.41) is 0. The lowest BCUT2D eigenvalue weighted by atomic mass is 9.80. The van der Waals surface area contributed by atoms with Crippen LogP contribution in [-0.4, -0.2) is 48.3 Å². The van der Waals surface area contributed by atoms with Crippen LogP contribution < -0.4 is 0 Å². The van der Waals surface area contributed by atoms with Gasteiger partial charge in [0.25, 0.3) is 0 Å². The Morgan fingerprint density at radius 2 is 1.74 bits per heavy atom. The lowest BCUT2D eigenvalue weighted by Gasteiger charge is -2.47. The van der Waals surface area contributed by atoms with E-state index in [1.807, 2.05) is 51.1 Å². The van der Waals surface area contributed by atoms with E-state index in [4.69, 9.17) is 18.9 Å². The van der Waals surface area contributed by atoms with E-state index < -0.39 is 41.2 Å². The van der Waals surface area contributed by atoms with E-state index in [2.05, 4.69) is 0 Å². The molecule has 2 rings (SSSR count). The van der Waals surface area contributed by atoms with E-state index >= 15 is 0 Å². The number of carbonyl (C=O) groups is 3. The van der Waals surface area contributed by atoms with Gasteiger partial charge < -0.3 is 18.9 Å². The summed E-state index contributed by atoms with van der Waals surface area (Å²) >= 11 is 1.28. The Balaban J connectivity index is 2.48.